The summed E-state index contributed by atoms with van der Waals surface area (Å²) >= 11 is 6.23. The SMILES string of the molecule is O=C(COc1ccc(/C=N/NC(=O)c2cc3ccccc3o2)cc1Cl)Nc1ccccc1. The largest absolute Gasteiger partial charge is 0.482 e. The van der Waals surface area contributed by atoms with E-state index in [9.17, 15) is 9.59 Å². The lowest BCUT2D eigenvalue weighted by atomic mass is 10.2. The zero-order valence-corrected chi connectivity index (χ0v) is 17.5. The van der Waals surface area contributed by atoms with Gasteiger partial charge in [0.2, 0.25) is 0 Å². The maximum absolute atomic E-state index is 12.2. The van der Waals surface area contributed by atoms with Crippen LogP contribution in [0.2, 0.25) is 5.02 Å². The van der Waals surface area contributed by atoms with E-state index in [1.54, 1.807) is 42.5 Å². The van der Waals surface area contributed by atoms with Crippen LogP contribution in [0.1, 0.15) is 16.1 Å². The predicted molar refractivity (Wildman–Crippen MR) is 123 cm³/mol. The Morgan fingerprint density at radius 3 is 2.56 bits per heavy atom. The van der Waals surface area contributed by atoms with Crippen LogP contribution >= 0.6 is 11.6 Å². The molecule has 0 spiro atoms. The molecule has 0 aliphatic rings. The molecule has 160 valence electrons. The monoisotopic (exact) mass is 447 g/mol. The van der Waals surface area contributed by atoms with E-state index in [-0.39, 0.29) is 18.3 Å². The molecule has 2 amide bonds. The molecule has 2 N–H and O–H groups in total. The van der Waals surface area contributed by atoms with Crippen LogP contribution in [0.4, 0.5) is 5.69 Å². The highest BCUT2D eigenvalue weighted by Gasteiger charge is 2.11. The van der Waals surface area contributed by atoms with E-state index in [4.69, 9.17) is 20.8 Å². The number of rotatable bonds is 7. The van der Waals surface area contributed by atoms with Crippen LogP contribution in [0, 0.1) is 0 Å². The van der Waals surface area contributed by atoms with Gasteiger partial charge in [-0.3, -0.25) is 9.59 Å². The molecule has 0 atom stereocenters. The van der Waals surface area contributed by atoms with E-state index in [2.05, 4.69) is 15.8 Å². The number of para-hydroxylation sites is 2. The van der Waals surface area contributed by atoms with Gasteiger partial charge in [-0.1, -0.05) is 48.0 Å². The van der Waals surface area contributed by atoms with E-state index in [0.29, 0.717) is 27.6 Å². The first-order valence-electron chi connectivity index (χ1n) is 9.68. The van der Waals surface area contributed by atoms with Crippen LogP contribution in [0.3, 0.4) is 0 Å². The number of halogens is 1. The van der Waals surface area contributed by atoms with Crippen molar-refractivity contribution in [3.8, 4) is 5.75 Å². The van der Waals surface area contributed by atoms with Gasteiger partial charge >= 0.3 is 5.91 Å². The molecule has 0 saturated heterocycles. The summed E-state index contributed by atoms with van der Waals surface area (Å²) in [6, 6.07) is 23.0. The molecule has 4 rings (SSSR count). The Kier molecular flexibility index (Phi) is 6.48. The number of nitrogens with zero attached hydrogens (tertiary/aromatic N) is 1. The van der Waals surface area contributed by atoms with E-state index in [0.717, 1.165) is 5.39 Å². The van der Waals surface area contributed by atoms with Gasteiger partial charge in [-0.15, -0.1) is 0 Å². The Bertz CT molecular complexity index is 1250. The maximum Gasteiger partial charge on any atom is 0.307 e. The number of furan rings is 1. The van der Waals surface area contributed by atoms with Crippen LogP contribution in [0.5, 0.6) is 5.75 Å². The molecule has 0 bridgehead atoms. The van der Waals surface area contributed by atoms with Crippen molar-refractivity contribution in [2.75, 3.05) is 11.9 Å². The molecule has 1 heterocycles. The van der Waals surface area contributed by atoms with Crippen molar-refractivity contribution in [1.82, 2.24) is 5.43 Å². The van der Waals surface area contributed by atoms with Crippen molar-refractivity contribution >= 4 is 46.3 Å². The normalized spacial score (nSPS) is 10.9. The molecular formula is C24H18ClN3O4. The van der Waals surface area contributed by atoms with Crippen molar-refractivity contribution < 1.29 is 18.7 Å². The summed E-state index contributed by atoms with van der Waals surface area (Å²) in [6.07, 6.45) is 1.44. The van der Waals surface area contributed by atoms with E-state index in [1.807, 2.05) is 36.4 Å². The smallest absolute Gasteiger partial charge is 0.307 e. The predicted octanol–water partition coefficient (Wildman–Crippen LogP) is 4.87. The molecule has 3 aromatic carbocycles. The number of fused-ring (bicyclic) bond motifs is 1. The first-order chi connectivity index (χ1) is 15.6. The first-order valence-corrected chi connectivity index (χ1v) is 10.1. The average Bonchev–Trinajstić information content (AvgIpc) is 3.24. The van der Waals surface area contributed by atoms with Crippen LogP contribution < -0.4 is 15.5 Å². The lowest BCUT2D eigenvalue weighted by molar-refractivity contribution is -0.118. The Labute approximate surface area is 188 Å². The Hall–Kier alpha value is -4.10. The number of carbonyl (C=O) groups is 2. The summed E-state index contributed by atoms with van der Waals surface area (Å²) in [6.45, 7) is -0.185. The van der Waals surface area contributed by atoms with Crippen molar-refractivity contribution in [2.45, 2.75) is 0 Å². The van der Waals surface area contributed by atoms with E-state index < -0.39 is 5.91 Å². The number of hydrazone groups is 1. The van der Waals surface area contributed by atoms with E-state index >= 15 is 0 Å². The maximum atomic E-state index is 12.2. The van der Waals surface area contributed by atoms with Crippen molar-refractivity contribution in [1.29, 1.82) is 0 Å². The zero-order chi connectivity index (χ0) is 22.3. The molecule has 0 radical (unpaired) electrons. The molecule has 1 aromatic heterocycles. The average molecular weight is 448 g/mol. The minimum atomic E-state index is -0.465. The lowest BCUT2D eigenvalue weighted by Gasteiger charge is -2.09. The van der Waals surface area contributed by atoms with Gasteiger partial charge in [0.15, 0.2) is 12.4 Å². The van der Waals surface area contributed by atoms with Crippen LogP contribution in [0.25, 0.3) is 11.0 Å². The summed E-state index contributed by atoms with van der Waals surface area (Å²) in [5.74, 6) is -0.239. The summed E-state index contributed by atoms with van der Waals surface area (Å²) in [4.78, 5) is 24.2. The molecular weight excluding hydrogens is 430 g/mol. The van der Waals surface area contributed by atoms with Gasteiger partial charge in [0.25, 0.3) is 5.91 Å². The van der Waals surface area contributed by atoms with Gasteiger partial charge in [-0.05, 0) is 48.0 Å². The Balaban J connectivity index is 1.31. The molecule has 0 aliphatic heterocycles. The van der Waals surface area contributed by atoms with Gasteiger partial charge in [-0.2, -0.15) is 5.10 Å². The second-order valence-electron chi connectivity index (χ2n) is 6.74. The van der Waals surface area contributed by atoms with Crippen molar-refractivity contribution in [3.05, 3.63) is 95.2 Å². The standard InChI is InChI=1S/C24H18ClN3O4/c25-19-12-16(10-11-21(19)31-15-23(29)27-18-7-2-1-3-8-18)14-26-28-24(30)22-13-17-6-4-5-9-20(17)32-22/h1-14H,15H2,(H,27,29)(H,28,30)/b26-14+. The summed E-state index contributed by atoms with van der Waals surface area (Å²) in [5, 5.41) is 7.80. The van der Waals surface area contributed by atoms with Crippen molar-refractivity contribution in [2.24, 2.45) is 5.10 Å². The minimum absolute atomic E-state index is 0.166. The molecule has 4 aromatic rings. The highest BCUT2D eigenvalue weighted by Crippen LogP contribution is 2.25. The summed E-state index contributed by atoms with van der Waals surface area (Å²) in [5.41, 5.74) is 4.37. The second-order valence-corrected chi connectivity index (χ2v) is 7.15. The Morgan fingerprint density at radius 2 is 1.78 bits per heavy atom. The fourth-order valence-electron chi connectivity index (χ4n) is 2.89. The van der Waals surface area contributed by atoms with Gasteiger partial charge in [0, 0.05) is 11.1 Å². The fourth-order valence-corrected chi connectivity index (χ4v) is 3.13. The molecule has 8 heteroatoms. The summed E-state index contributed by atoms with van der Waals surface area (Å²) < 4.78 is 11.0. The number of nitrogens with one attached hydrogen (secondary N) is 2. The summed E-state index contributed by atoms with van der Waals surface area (Å²) in [7, 11) is 0. The van der Waals surface area contributed by atoms with E-state index in [1.165, 1.54) is 6.21 Å². The topological polar surface area (TPSA) is 92.9 Å². The molecule has 7 nitrogen and oxygen atoms in total. The molecule has 32 heavy (non-hydrogen) atoms. The third kappa shape index (κ3) is 5.33. The third-order valence-electron chi connectivity index (χ3n) is 4.40. The number of benzene rings is 3. The lowest BCUT2D eigenvalue weighted by Crippen LogP contribution is -2.20. The molecule has 0 saturated carbocycles. The number of carbonyl (C=O) groups excluding carboxylic acids is 2. The Morgan fingerprint density at radius 1 is 1.00 bits per heavy atom. The van der Waals surface area contributed by atoms with Gasteiger partial charge < -0.3 is 14.5 Å². The van der Waals surface area contributed by atoms with Gasteiger partial charge in [0.1, 0.15) is 11.3 Å². The quantitative estimate of drug-likeness (QED) is 0.312. The number of anilines is 1. The first kappa shape index (κ1) is 21.1. The number of ether oxygens (including phenoxy) is 1. The van der Waals surface area contributed by atoms with Crippen LogP contribution in [-0.4, -0.2) is 24.6 Å². The third-order valence-corrected chi connectivity index (χ3v) is 4.70. The highest BCUT2D eigenvalue weighted by molar-refractivity contribution is 6.32. The number of hydrogen-bond donors (Lipinski definition) is 2. The van der Waals surface area contributed by atoms with Crippen LogP contribution in [0.15, 0.2) is 88.4 Å². The molecule has 0 aliphatic carbocycles. The molecule has 0 fully saturated rings. The van der Waals surface area contributed by atoms with Crippen molar-refractivity contribution in [3.63, 3.8) is 0 Å². The van der Waals surface area contributed by atoms with Gasteiger partial charge in [-0.25, -0.2) is 5.43 Å². The highest BCUT2D eigenvalue weighted by atomic mass is 35.5. The number of hydrogen-bond acceptors (Lipinski definition) is 5. The van der Waals surface area contributed by atoms with Crippen LogP contribution in [-0.2, 0) is 4.79 Å². The second kappa shape index (κ2) is 9.80. The zero-order valence-electron chi connectivity index (χ0n) is 16.7. The molecule has 0 unspecified atom stereocenters. The number of amides is 2. The fraction of sp³-hybridized carbons (Fsp3) is 0.0417. The minimum Gasteiger partial charge on any atom is -0.482 e. The van der Waals surface area contributed by atoms with Gasteiger partial charge in [0.05, 0.1) is 11.2 Å².